The summed E-state index contributed by atoms with van der Waals surface area (Å²) in [4.78, 5) is 10.4. The molecule has 1 rings (SSSR count). The van der Waals surface area contributed by atoms with Crippen LogP contribution in [0.3, 0.4) is 0 Å². The first-order chi connectivity index (χ1) is 6.11. The summed E-state index contributed by atoms with van der Waals surface area (Å²) in [5, 5.41) is 27.8. The smallest absolute Gasteiger partial charge is 0.157 e. The van der Waals surface area contributed by atoms with E-state index < -0.39 is 5.75 Å². The van der Waals surface area contributed by atoms with Crippen LogP contribution in [-0.4, -0.2) is 21.6 Å². The molecule has 0 spiro atoms. The van der Waals surface area contributed by atoms with Crippen molar-refractivity contribution in [3.05, 3.63) is 17.2 Å². The van der Waals surface area contributed by atoms with Crippen molar-refractivity contribution in [3.63, 3.8) is 0 Å². The molecule has 0 atom stereocenters. The average Bonchev–Trinajstić information content (AvgIpc) is 2.04. The summed E-state index contributed by atoms with van der Waals surface area (Å²) in [6.45, 7) is 1.72. The number of rotatable bonds is 2. The maximum atomic E-state index is 10.4. The van der Waals surface area contributed by atoms with Gasteiger partial charge in [0.2, 0.25) is 0 Å². The molecule has 0 aliphatic carbocycles. The highest BCUT2D eigenvalue weighted by Gasteiger charge is 2.14. The Bertz CT molecular complexity index is 344. The molecule has 1 aromatic rings. The molecule has 3 N–H and O–H groups in total. The van der Waals surface area contributed by atoms with E-state index in [-0.39, 0.29) is 22.6 Å². The number of aldehydes is 1. The summed E-state index contributed by atoms with van der Waals surface area (Å²) in [5.74, 6) is -0.972. The quantitative estimate of drug-likeness (QED) is 0.600. The van der Waals surface area contributed by atoms with E-state index in [0.717, 1.165) is 6.07 Å². The zero-order valence-electron chi connectivity index (χ0n) is 7.11. The summed E-state index contributed by atoms with van der Waals surface area (Å²) in [6.07, 6.45) is 0.738. The van der Waals surface area contributed by atoms with Crippen LogP contribution in [-0.2, 0) is 6.42 Å². The van der Waals surface area contributed by atoms with E-state index in [1.54, 1.807) is 6.92 Å². The van der Waals surface area contributed by atoms with Crippen molar-refractivity contribution in [1.29, 1.82) is 0 Å². The van der Waals surface area contributed by atoms with Crippen molar-refractivity contribution < 1.29 is 20.1 Å². The second kappa shape index (κ2) is 3.35. The monoisotopic (exact) mass is 182 g/mol. The first kappa shape index (κ1) is 9.38. The van der Waals surface area contributed by atoms with Crippen LogP contribution in [0, 0.1) is 0 Å². The molecule has 1 aromatic carbocycles. The number of hydrogen-bond acceptors (Lipinski definition) is 4. The lowest BCUT2D eigenvalue weighted by Gasteiger charge is -2.08. The van der Waals surface area contributed by atoms with Gasteiger partial charge in [-0.3, -0.25) is 4.79 Å². The number of phenolic OH excluding ortho intramolecular Hbond substituents is 3. The summed E-state index contributed by atoms with van der Waals surface area (Å²) < 4.78 is 0. The van der Waals surface area contributed by atoms with Gasteiger partial charge in [-0.2, -0.15) is 0 Å². The van der Waals surface area contributed by atoms with Gasteiger partial charge >= 0.3 is 0 Å². The second-order valence-corrected chi connectivity index (χ2v) is 2.63. The fraction of sp³-hybridized carbons (Fsp3) is 0.222. The third-order valence-corrected chi connectivity index (χ3v) is 1.87. The van der Waals surface area contributed by atoms with Gasteiger partial charge in [0.25, 0.3) is 0 Å². The molecule has 0 saturated carbocycles. The Morgan fingerprint density at radius 2 is 1.92 bits per heavy atom. The van der Waals surface area contributed by atoms with Gasteiger partial charge in [0, 0.05) is 11.6 Å². The van der Waals surface area contributed by atoms with Gasteiger partial charge < -0.3 is 15.3 Å². The van der Waals surface area contributed by atoms with E-state index in [1.165, 1.54) is 0 Å². The van der Waals surface area contributed by atoms with Crippen LogP contribution < -0.4 is 0 Å². The Labute approximate surface area is 75.1 Å². The summed E-state index contributed by atoms with van der Waals surface area (Å²) in [7, 11) is 0. The minimum absolute atomic E-state index is 0.186. The van der Waals surface area contributed by atoms with E-state index in [0.29, 0.717) is 12.7 Å². The Balaban J connectivity index is 3.47. The van der Waals surface area contributed by atoms with Gasteiger partial charge in [0.15, 0.2) is 6.29 Å². The third-order valence-electron chi connectivity index (χ3n) is 1.87. The number of hydrogen-bond donors (Lipinski definition) is 3. The molecular formula is C9H10O4. The number of benzene rings is 1. The van der Waals surface area contributed by atoms with E-state index >= 15 is 0 Å². The molecular weight excluding hydrogens is 172 g/mol. The fourth-order valence-electron chi connectivity index (χ4n) is 1.16. The van der Waals surface area contributed by atoms with Gasteiger partial charge in [-0.1, -0.05) is 6.92 Å². The lowest BCUT2D eigenvalue weighted by Crippen LogP contribution is -1.90. The molecule has 70 valence electrons. The molecule has 0 aliphatic heterocycles. The topological polar surface area (TPSA) is 77.8 Å². The van der Waals surface area contributed by atoms with Crippen LogP contribution in [0.1, 0.15) is 22.8 Å². The second-order valence-electron chi connectivity index (χ2n) is 2.63. The molecule has 4 heteroatoms. The standard InChI is InChI=1S/C9H10O4/c1-2-5-7(11)3-8(12)6(4-10)9(5)13/h3-4,11-13H,2H2,1H3. The molecule has 4 nitrogen and oxygen atoms in total. The largest absolute Gasteiger partial charge is 0.507 e. The van der Waals surface area contributed by atoms with Crippen LogP contribution in [0.15, 0.2) is 6.07 Å². The van der Waals surface area contributed by atoms with Crippen molar-refractivity contribution in [2.45, 2.75) is 13.3 Å². The van der Waals surface area contributed by atoms with E-state index in [9.17, 15) is 15.0 Å². The van der Waals surface area contributed by atoms with Crippen LogP contribution in [0.2, 0.25) is 0 Å². The highest BCUT2D eigenvalue weighted by Crippen LogP contribution is 2.36. The van der Waals surface area contributed by atoms with Crippen molar-refractivity contribution in [2.75, 3.05) is 0 Å². The molecule has 0 aromatic heterocycles. The molecule has 13 heavy (non-hydrogen) atoms. The number of aromatic hydroxyl groups is 3. The normalized spacial score (nSPS) is 9.92. The predicted molar refractivity (Wildman–Crippen MR) is 46.2 cm³/mol. The Morgan fingerprint density at radius 3 is 2.38 bits per heavy atom. The average molecular weight is 182 g/mol. The van der Waals surface area contributed by atoms with E-state index in [4.69, 9.17) is 5.11 Å². The van der Waals surface area contributed by atoms with Gasteiger partial charge in [-0.15, -0.1) is 0 Å². The lowest BCUT2D eigenvalue weighted by atomic mass is 10.1. The Morgan fingerprint density at radius 1 is 1.31 bits per heavy atom. The maximum Gasteiger partial charge on any atom is 0.157 e. The van der Waals surface area contributed by atoms with E-state index in [1.807, 2.05) is 0 Å². The molecule has 0 heterocycles. The van der Waals surface area contributed by atoms with Crippen molar-refractivity contribution in [1.82, 2.24) is 0 Å². The van der Waals surface area contributed by atoms with Gasteiger partial charge in [0.1, 0.15) is 17.2 Å². The van der Waals surface area contributed by atoms with Crippen LogP contribution >= 0.6 is 0 Å². The zero-order valence-corrected chi connectivity index (χ0v) is 7.11. The summed E-state index contributed by atoms with van der Waals surface area (Å²) in [6, 6.07) is 1.04. The Kier molecular flexibility index (Phi) is 2.41. The third kappa shape index (κ3) is 1.42. The summed E-state index contributed by atoms with van der Waals surface area (Å²) >= 11 is 0. The van der Waals surface area contributed by atoms with Gasteiger partial charge in [-0.05, 0) is 6.42 Å². The Hall–Kier alpha value is -1.71. The number of carbonyl (C=O) groups excluding carboxylic acids is 1. The molecule has 0 unspecified atom stereocenters. The molecule has 0 amide bonds. The highest BCUT2D eigenvalue weighted by atomic mass is 16.3. The molecule has 0 saturated heterocycles. The van der Waals surface area contributed by atoms with E-state index in [2.05, 4.69) is 0 Å². The van der Waals surface area contributed by atoms with Crippen molar-refractivity contribution in [3.8, 4) is 17.2 Å². The van der Waals surface area contributed by atoms with Crippen molar-refractivity contribution >= 4 is 6.29 Å². The fourth-order valence-corrected chi connectivity index (χ4v) is 1.16. The van der Waals surface area contributed by atoms with Crippen LogP contribution in [0.4, 0.5) is 0 Å². The van der Waals surface area contributed by atoms with Crippen LogP contribution in [0.5, 0.6) is 17.2 Å². The minimum Gasteiger partial charge on any atom is -0.507 e. The SMILES string of the molecule is CCc1c(O)cc(O)c(C=O)c1O. The molecule has 0 bridgehead atoms. The number of carbonyl (C=O) groups is 1. The van der Waals surface area contributed by atoms with Crippen molar-refractivity contribution in [2.24, 2.45) is 0 Å². The van der Waals surface area contributed by atoms with Gasteiger partial charge in [0.05, 0.1) is 5.56 Å². The van der Waals surface area contributed by atoms with Gasteiger partial charge in [-0.25, -0.2) is 0 Å². The zero-order chi connectivity index (χ0) is 10.0. The van der Waals surface area contributed by atoms with Crippen LogP contribution in [0.25, 0.3) is 0 Å². The predicted octanol–water partition coefficient (Wildman–Crippen LogP) is 1.18. The lowest BCUT2D eigenvalue weighted by molar-refractivity contribution is 0.111. The number of phenols is 3. The molecule has 0 radical (unpaired) electrons. The first-order valence-corrected chi connectivity index (χ1v) is 3.83. The summed E-state index contributed by atoms with van der Waals surface area (Å²) in [5.41, 5.74) is 0.0783. The highest BCUT2D eigenvalue weighted by molar-refractivity contribution is 5.85. The molecule has 0 aliphatic rings. The maximum absolute atomic E-state index is 10.4. The minimum atomic E-state index is -0.415. The first-order valence-electron chi connectivity index (χ1n) is 3.83. The molecule has 0 fully saturated rings.